The van der Waals surface area contributed by atoms with Crippen molar-refractivity contribution in [2.24, 2.45) is 10.4 Å². The van der Waals surface area contributed by atoms with Crippen LogP contribution in [-0.2, 0) is 11.2 Å². The van der Waals surface area contributed by atoms with Crippen LogP contribution < -0.4 is 10.6 Å². The van der Waals surface area contributed by atoms with Crippen molar-refractivity contribution >= 4 is 57.2 Å². The third kappa shape index (κ3) is 7.15. The number of rotatable bonds is 8. The van der Waals surface area contributed by atoms with E-state index in [1.807, 2.05) is 0 Å². The van der Waals surface area contributed by atoms with Gasteiger partial charge in [0.25, 0.3) is 0 Å². The smallest absolute Gasteiger partial charge is 0.191 e. The zero-order valence-corrected chi connectivity index (χ0v) is 18.7. The van der Waals surface area contributed by atoms with E-state index in [0.717, 1.165) is 44.9 Å². The lowest BCUT2D eigenvalue weighted by molar-refractivity contribution is 0.131. The van der Waals surface area contributed by atoms with Gasteiger partial charge in [0, 0.05) is 36.6 Å². The molecule has 1 atom stereocenters. The van der Waals surface area contributed by atoms with E-state index in [0.29, 0.717) is 13.2 Å². The molecule has 0 aliphatic carbocycles. The topological polar surface area (TPSA) is 65.9 Å². The maximum Gasteiger partial charge on any atom is 0.191 e. The van der Waals surface area contributed by atoms with Gasteiger partial charge in [-0.15, -0.1) is 35.3 Å². The quantitative estimate of drug-likeness (QED) is 0.274. The molecule has 1 fully saturated rings. The average molecular weight is 532 g/mol. The molecule has 0 radical (unpaired) electrons. The Morgan fingerprint density at radius 1 is 1.46 bits per heavy atom. The zero-order valence-electron chi connectivity index (χ0n) is 14.0. The minimum atomic E-state index is -0.00425. The molecule has 1 aromatic rings. The molecule has 0 bridgehead atoms. The van der Waals surface area contributed by atoms with Crippen molar-refractivity contribution in [1.82, 2.24) is 10.6 Å². The van der Waals surface area contributed by atoms with Gasteiger partial charge in [0.1, 0.15) is 0 Å². The number of nitrogens with one attached hydrogen (secondary N) is 2. The van der Waals surface area contributed by atoms with E-state index >= 15 is 0 Å². The van der Waals surface area contributed by atoms with Crippen LogP contribution in [0.2, 0.25) is 0 Å². The number of aliphatic imine (C=N–C) groups is 1. The van der Waals surface area contributed by atoms with Crippen LogP contribution in [0.1, 0.15) is 24.6 Å². The second kappa shape index (κ2) is 11.7. The molecule has 2 heterocycles. The van der Waals surface area contributed by atoms with Crippen LogP contribution in [0.5, 0.6) is 0 Å². The minimum absolute atomic E-state index is 0. The molecule has 0 spiro atoms. The standard InChI is InChI=1S/C16H26BrN3O2S.HI/c1-2-18-15(19-8-5-13-3-4-14(17)23-13)20-11-16(6-9-21)7-10-22-12-16;/h3-4,21H,2,5-12H2,1H3,(H2,18,19,20);1H. The van der Waals surface area contributed by atoms with Gasteiger partial charge in [-0.05, 0) is 54.2 Å². The summed E-state index contributed by atoms with van der Waals surface area (Å²) in [6.07, 6.45) is 2.70. The first-order valence-electron chi connectivity index (χ1n) is 8.12. The van der Waals surface area contributed by atoms with Crippen molar-refractivity contribution in [2.75, 3.05) is 39.5 Å². The molecule has 1 aliphatic heterocycles. The molecule has 8 heteroatoms. The maximum absolute atomic E-state index is 9.29. The van der Waals surface area contributed by atoms with Crippen molar-refractivity contribution in [3.05, 3.63) is 20.8 Å². The maximum atomic E-state index is 9.29. The molecule has 0 saturated carbocycles. The number of nitrogens with zero attached hydrogens (tertiary/aromatic N) is 1. The SMILES string of the molecule is CCNC(=NCC1(CCO)CCOC1)NCCc1ccc(Br)s1.I. The van der Waals surface area contributed by atoms with E-state index in [4.69, 9.17) is 9.73 Å². The highest BCUT2D eigenvalue weighted by Gasteiger charge is 2.34. The van der Waals surface area contributed by atoms with Crippen molar-refractivity contribution in [3.8, 4) is 0 Å². The Morgan fingerprint density at radius 3 is 2.88 bits per heavy atom. The molecule has 1 aliphatic rings. The lowest BCUT2D eigenvalue weighted by Gasteiger charge is -2.24. The van der Waals surface area contributed by atoms with Gasteiger partial charge < -0.3 is 20.5 Å². The lowest BCUT2D eigenvalue weighted by Crippen LogP contribution is -2.39. The Morgan fingerprint density at radius 2 is 2.29 bits per heavy atom. The first-order valence-corrected chi connectivity index (χ1v) is 9.73. The highest BCUT2D eigenvalue weighted by atomic mass is 127. The second-order valence-electron chi connectivity index (χ2n) is 5.85. The molecule has 1 aromatic heterocycles. The molecule has 24 heavy (non-hydrogen) atoms. The van der Waals surface area contributed by atoms with Gasteiger partial charge in [-0.1, -0.05) is 0 Å². The van der Waals surface area contributed by atoms with Gasteiger partial charge >= 0.3 is 0 Å². The summed E-state index contributed by atoms with van der Waals surface area (Å²) < 4.78 is 6.69. The van der Waals surface area contributed by atoms with Crippen LogP contribution in [0.25, 0.3) is 0 Å². The predicted octanol–water partition coefficient (Wildman–Crippen LogP) is 3.02. The van der Waals surface area contributed by atoms with Crippen LogP contribution in [0.4, 0.5) is 0 Å². The predicted molar refractivity (Wildman–Crippen MR) is 115 cm³/mol. The molecule has 0 aromatic carbocycles. The summed E-state index contributed by atoms with van der Waals surface area (Å²) in [5.74, 6) is 0.840. The van der Waals surface area contributed by atoms with Crippen LogP contribution in [-0.4, -0.2) is 50.5 Å². The van der Waals surface area contributed by atoms with Crippen molar-refractivity contribution in [3.63, 3.8) is 0 Å². The fraction of sp³-hybridized carbons (Fsp3) is 0.688. The van der Waals surface area contributed by atoms with E-state index in [1.54, 1.807) is 11.3 Å². The lowest BCUT2D eigenvalue weighted by atomic mass is 9.84. The van der Waals surface area contributed by atoms with Gasteiger partial charge in [-0.2, -0.15) is 0 Å². The fourth-order valence-corrected chi connectivity index (χ4v) is 4.15. The van der Waals surface area contributed by atoms with Crippen LogP contribution >= 0.6 is 51.2 Å². The Labute approximate surface area is 173 Å². The third-order valence-electron chi connectivity index (χ3n) is 4.04. The molecule has 3 N–H and O–H groups in total. The normalized spacial score (nSPS) is 20.7. The van der Waals surface area contributed by atoms with Crippen molar-refractivity contribution < 1.29 is 9.84 Å². The largest absolute Gasteiger partial charge is 0.396 e. The Bertz CT molecular complexity index is 507. The minimum Gasteiger partial charge on any atom is -0.396 e. The molecular weight excluding hydrogens is 505 g/mol. The number of thiophene rings is 1. The molecule has 5 nitrogen and oxygen atoms in total. The molecule has 0 amide bonds. The summed E-state index contributed by atoms with van der Waals surface area (Å²) in [6, 6.07) is 4.23. The molecular formula is C16H27BrIN3O2S. The Kier molecular flexibility index (Phi) is 10.8. The van der Waals surface area contributed by atoms with Crippen LogP contribution in [0.15, 0.2) is 20.9 Å². The molecule has 2 rings (SSSR count). The number of halogens is 2. The first-order chi connectivity index (χ1) is 11.2. The fourth-order valence-electron chi connectivity index (χ4n) is 2.67. The van der Waals surface area contributed by atoms with E-state index < -0.39 is 0 Å². The summed E-state index contributed by atoms with van der Waals surface area (Å²) in [6.45, 7) is 6.09. The van der Waals surface area contributed by atoms with E-state index in [9.17, 15) is 5.11 Å². The number of aliphatic hydroxyl groups is 1. The van der Waals surface area contributed by atoms with Gasteiger partial charge in [-0.3, -0.25) is 4.99 Å². The number of ether oxygens (including phenoxy) is 1. The Hall–Kier alpha value is 0.1000. The van der Waals surface area contributed by atoms with Crippen LogP contribution in [0, 0.1) is 5.41 Å². The van der Waals surface area contributed by atoms with E-state index in [1.165, 1.54) is 8.66 Å². The van der Waals surface area contributed by atoms with E-state index in [2.05, 4.69) is 45.6 Å². The highest BCUT2D eigenvalue weighted by molar-refractivity contribution is 14.0. The van der Waals surface area contributed by atoms with Crippen molar-refractivity contribution in [2.45, 2.75) is 26.2 Å². The summed E-state index contributed by atoms with van der Waals surface area (Å²) in [4.78, 5) is 6.07. The Balaban J connectivity index is 0.00000288. The monoisotopic (exact) mass is 531 g/mol. The second-order valence-corrected chi connectivity index (χ2v) is 8.40. The van der Waals surface area contributed by atoms with Crippen molar-refractivity contribution in [1.29, 1.82) is 0 Å². The molecule has 138 valence electrons. The van der Waals surface area contributed by atoms with Gasteiger partial charge in [-0.25, -0.2) is 0 Å². The summed E-state index contributed by atoms with van der Waals surface area (Å²) >= 11 is 5.26. The van der Waals surface area contributed by atoms with Gasteiger partial charge in [0.2, 0.25) is 0 Å². The first kappa shape index (κ1) is 22.1. The number of hydrogen-bond acceptors (Lipinski definition) is 4. The summed E-state index contributed by atoms with van der Waals surface area (Å²) in [7, 11) is 0. The molecule has 1 saturated heterocycles. The third-order valence-corrected chi connectivity index (χ3v) is 5.72. The van der Waals surface area contributed by atoms with E-state index in [-0.39, 0.29) is 36.0 Å². The zero-order chi connectivity index (χ0) is 16.5. The summed E-state index contributed by atoms with van der Waals surface area (Å²) in [5.41, 5.74) is -0.00425. The van der Waals surface area contributed by atoms with Crippen LogP contribution in [0.3, 0.4) is 0 Å². The number of hydrogen-bond donors (Lipinski definition) is 3. The number of aliphatic hydroxyl groups excluding tert-OH is 1. The summed E-state index contributed by atoms with van der Waals surface area (Å²) in [5, 5.41) is 16.0. The highest BCUT2D eigenvalue weighted by Crippen LogP contribution is 2.32. The average Bonchev–Trinajstić information content (AvgIpc) is 3.15. The van der Waals surface area contributed by atoms with Gasteiger partial charge in [0.15, 0.2) is 5.96 Å². The molecule has 1 unspecified atom stereocenters. The number of guanidine groups is 1. The van der Waals surface area contributed by atoms with Gasteiger partial charge in [0.05, 0.1) is 16.9 Å².